The van der Waals surface area contributed by atoms with Crippen molar-refractivity contribution in [2.24, 2.45) is 11.7 Å². The summed E-state index contributed by atoms with van der Waals surface area (Å²) in [4.78, 5) is 0. The molecule has 0 bridgehead atoms. The molecule has 0 saturated carbocycles. The summed E-state index contributed by atoms with van der Waals surface area (Å²) in [5.41, 5.74) is 3.13. The molecule has 0 heterocycles. The van der Waals surface area contributed by atoms with Gasteiger partial charge in [-0.25, -0.2) is 0 Å². The molecule has 0 fully saturated rings. The molecule has 4 atom stereocenters. The molecule has 0 aliphatic rings. The zero-order valence-corrected chi connectivity index (χ0v) is 12.6. The van der Waals surface area contributed by atoms with Gasteiger partial charge in [0, 0.05) is 0 Å². The van der Waals surface area contributed by atoms with Gasteiger partial charge in [0.05, 0.1) is 12.7 Å². The van der Waals surface area contributed by atoms with Crippen LogP contribution in [0.25, 0.3) is 0 Å². The fourth-order valence-electron chi connectivity index (χ4n) is 2.08. The lowest BCUT2D eigenvalue weighted by atomic mass is 9.92. The van der Waals surface area contributed by atoms with Gasteiger partial charge in [-0.15, -0.1) is 0 Å². The zero-order valence-electron chi connectivity index (χ0n) is 12.6. The summed E-state index contributed by atoms with van der Waals surface area (Å²) >= 11 is 0. The fraction of sp³-hybridized carbons (Fsp3) is 1.00. The third-order valence-electron chi connectivity index (χ3n) is 3.57. The normalized spacial score (nSPS) is 19.6. The maximum absolute atomic E-state index is 9.84. The van der Waals surface area contributed by atoms with Gasteiger partial charge in [-0.1, -0.05) is 46.0 Å². The van der Waals surface area contributed by atoms with Crippen LogP contribution in [0.1, 0.15) is 52.4 Å². The summed E-state index contributed by atoms with van der Waals surface area (Å²) in [6, 6.07) is 0. The van der Waals surface area contributed by atoms with Gasteiger partial charge in [0.25, 0.3) is 0 Å². The minimum atomic E-state index is -2.32. The fourth-order valence-corrected chi connectivity index (χ4v) is 2.08. The van der Waals surface area contributed by atoms with Crippen LogP contribution in [0, 0.1) is 5.92 Å². The highest BCUT2D eigenvalue weighted by Crippen LogP contribution is 2.19. The first-order valence-corrected chi connectivity index (χ1v) is 7.39. The van der Waals surface area contributed by atoms with Crippen molar-refractivity contribution in [3.05, 3.63) is 0 Å². The third kappa shape index (κ3) is 6.97. The lowest BCUT2D eigenvalue weighted by molar-refractivity contribution is -0.181. The standard InChI is InChI=1S/C14H31NO5/c1-10(2)7-5-3-4-6-8-12(18)14(15,20)13(19)11(17)9-16/h10-13,16-20H,3-9,15H2,1-2H3/t11-,12+,13-,14-/m1/s1. The Kier molecular flexibility index (Phi) is 9.54. The van der Waals surface area contributed by atoms with Crippen molar-refractivity contribution in [2.45, 2.75) is 76.4 Å². The van der Waals surface area contributed by atoms with Gasteiger partial charge in [0.1, 0.15) is 12.2 Å². The average molecular weight is 293 g/mol. The Morgan fingerprint density at radius 1 is 0.950 bits per heavy atom. The number of aliphatic hydroxyl groups is 5. The number of rotatable bonds is 11. The minimum Gasteiger partial charge on any atom is -0.394 e. The Labute approximate surface area is 121 Å². The van der Waals surface area contributed by atoms with Crippen molar-refractivity contribution in [3.8, 4) is 0 Å². The van der Waals surface area contributed by atoms with Crippen LogP contribution in [0.2, 0.25) is 0 Å². The Balaban J connectivity index is 3.97. The zero-order chi connectivity index (χ0) is 15.8. The Morgan fingerprint density at radius 2 is 1.45 bits per heavy atom. The Hall–Kier alpha value is -0.240. The van der Waals surface area contributed by atoms with Gasteiger partial charge in [-0.2, -0.15) is 0 Å². The summed E-state index contributed by atoms with van der Waals surface area (Å²) in [5.74, 6) is 0.685. The van der Waals surface area contributed by atoms with Crippen molar-refractivity contribution in [1.82, 2.24) is 0 Å². The van der Waals surface area contributed by atoms with E-state index in [9.17, 15) is 20.4 Å². The maximum Gasteiger partial charge on any atom is 0.168 e. The highest BCUT2D eigenvalue weighted by molar-refractivity contribution is 4.91. The van der Waals surface area contributed by atoms with Crippen molar-refractivity contribution in [3.63, 3.8) is 0 Å². The summed E-state index contributed by atoms with van der Waals surface area (Å²) in [5, 5.41) is 47.2. The second-order valence-corrected chi connectivity index (χ2v) is 5.98. The average Bonchev–Trinajstić information content (AvgIpc) is 2.39. The monoisotopic (exact) mass is 293 g/mol. The molecule has 0 radical (unpaired) electrons. The molecule has 6 nitrogen and oxygen atoms in total. The topological polar surface area (TPSA) is 127 Å². The second kappa shape index (κ2) is 9.65. The Bertz CT molecular complexity index is 248. The Morgan fingerprint density at radius 3 is 1.90 bits per heavy atom. The molecule has 0 spiro atoms. The van der Waals surface area contributed by atoms with Gasteiger partial charge in [0.15, 0.2) is 5.72 Å². The maximum atomic E-state index is 9.84. The van der Waals surface area contributed by atoms with Crippen LogP contribution in [0.4, 0.5) is 0 Å². The molecular formula is C14H31NO5. The summed E-state index contributed by atoms with van der Waals surface area (Å²) < 4.78 is 0. The van der Waals surface area contributed by atoms with Crippen LogP contribution in [0.3, 0.4) is 0 Å². The molecule has 0 aliphatic carbocycles. The molecule has 122 valence electrons. The molecule has 0 amide bonds. The van der Waals surface area contributed by atoms with E-state index in [1.807, 2.05) is 0 Å². The number of nitrogens with two attached hydrogens (primary N) is 1. The molecule has 0 rings (SSSR count). The first-order valence-electron chi connectivity index (χ1n) is 7.39. The van der Waals surface area contributed by atoms with E-state index < -0.39 is 30.6 Å². The summed E-state index contributed by atoms with van der Waals surface area (Å²) in [6.45, 7) is 3.61. The van der Waals surface area contributed by atoms with E-state index in [1.165, 1.54) is 6.42 Å². The number of hydrogen-bond donors (Lipinski definition) is 6. The van der Waals surface area contributed by atoms with Crippen molar-refractivity contribution in [2.75, 3.05) is 6.61 Å². The van der Waals surface area contributed by atoms with E-state index >= 15 is 0 Å². The van der Waals surface area contributed by atoms with Crippen molar-refractivity contribution >= 4 is 0 Å². The van der Waals surface area contributed by atoms with Gasteiger partial charge < -0.3 is 25.5 Å². The minimum absolute atomic E-state index is 0.240. The summed E-state index contributed by atoms with van der Waals surface area (Å²) in [7, 11) is 0. The SMILES string of the molecule is CC(C)CCCCCC[C@H](O)[C@@](N)(O)[C@H](O)[C@H](O)CO. The molecule has 6 heteroatoms. The van der Waals surface area contributed by atoms with Crippen molar-refractivity contribution < 1.29 is 25.5 Å². The number of aliphatic hydroxyl groups excluding tert-OH is 4. The summed E-state index contributed by atoms with van der Waals surface area (Å²) in [6.07, 6.45) is 0.480. The lowest BCUT2D eigenvalue weighted by Gasteiger charge is -2.35. The molecule has 0 aromatic carbocycles. The van der Waals surface area contributed by atoms with E-state index in [0.29, 0.717) is 12.3 Å². The largest absolute Gasteiger partial charge is 0.394 e. The van der Waals surface area contributed by atoms with Crippen LogP contribution in [0.15, 0.2) is 0 Å². The van der Waals surface area contributed by atoms with Gasteiger partial charge in [0.2, 0.25) is 0 Å². The van der Waals surface area contributed by atoms with E-state index in [0.717, 1.165) is 19.3 Å². The van der Waals surface area contributed by atoms with Crippen LogP contribution in [0.5, 0.6) is 0 Å². The molecule has 0 unspecified atom stereocenters. The predicted octanol–water partition coefficient (Wildman–Crippen LogP) is -0.295. The molecular weight excluding hydrogens is 262 g/mol. The molecule has 7 N–H and O–H groups in total. The molecule has 20 heavy (non-hydrogen) atoms. The van der Waals surface area contributed by atoms with Crippen LogP contribution in [-0.4, -0.2) is 56.2 Å². The first kappa shape index (κ1) is 19.8. The van der Waals surface area contributed by atoms with E-state index in [4.69, 9.17) is 10.8 Å². The highest BCUT2D eigenvalue weighted by Gasteiger charge is 2.42. The molecule has 0 aromatic rings. The number of unbranched alkanes of at least 4 members (excludes halogenated alkanes) is 3. The van der Waals surface area contributed by atoms with E-state index in [2.05, 4.69) is 13.8 Å². The lowest BCUT2D eigenvalue weighted by Crippen LogP contribution is -2.63. The van der Waals surface area contributed by atoms with Crippen LogP contribution >= 0.6 is 0 Å². The molecule has 0 aliphatic heterocycles. The van der Waals surface area contributed by atoms with Crippen LogP contribution in [-0.2, 0) is 0 Å². The first-order chi connectivity index (χ1) is 9.23. The molecule has 0 aromatic heterocycles. The number of hydrogen-bond acceptors (Lipinski definition) is 6. The van der Waals surface area contributed by atoms with Gasteiger partial charge in [-0.05, 0) is 12.3 Å². The van der Waals surface area contributed by atoms with E-state index in [-0.39, 0.29) is 6.42 Å². The van der Waals surface area contributed by atoms with Crippen LogP contribution < -0.4 is 5.73 Å². The smallest absolute Gasteiger partial charge is 0.168 e. The van der Waals surface area contributed by atoms with Crippen molar-refractivity contribution in [1.29, 1.82) is 0 Å². The van der Waals surface area contributed by atoms with E-state index in [1.54, 1.807) is 0 Å². The second-order valence-electron chi connectivity index (χ2n) is 5.98. The highest BCUT2D eigenvalue weighted by atomic mass is 16.4. The van der Waals surface area contributed by atoms with Gasteiger partial charge in [-0.3, -0.25) is 5.73 Å². The third-order valence-corrected chi connectivity index (χ3v) is 3.57. The van der Waals surface area contributed by atoms with Gasteiger partial charge >= 0.3 is 0 Å². The predicted molar refractivity (Wildman–Crippen MR) is 76.8 cm³/mol. The quantitative estimate of drug-likeness (QED) is 0.229. The molecule has 0 saturated heterocycles.